The fraction of sp³-hybridized carbons (Fsp3) is 0.556. The molecule has 0 unspecified atom stereocenters. The van der Waals surface area contributed by atoms with E-state index in [1.807, 2.05) is 13.0 Å². The van der Waals surface area contributed by atoms with Crippen molar-refractivity contribution < 1.29 is 9.53 Å². The van der Waals surface area contributed by atoms with E-state index >= 15 is 0 Å². The van der Waals surface area contributed by atoms with Crippen LogP contribution in [-0.2, 0) is 16.0 Å². The fourth-order valence-electron chi connectivity index (χ4n) is 2.90. The average Bonchev–Trinajstić information content (AvgIpc) is 2.99. The summed E-state index contributed by atoms with van der Waals surface area (Å²) in [5.74, 6) is 1.83. The number of hydrogen-bond donors (Lipinski definition) is 1. The molecule has 0 amide bonds. The first-order valence-electron chi connectivity index (χ1n) is 8.61. The number of H-pyrrole nitrogens is 1. The van der Waals surface area contributed by atoms with Crippen LogP contribution in [0.5, 0.6) is 0 Å². The molecule has 1 aromatic heterocycles. The van der Waals surface area contributed by atoms with E-state index in [2.05, 4.69) is 22.9 Å². The summed E-state index contributed by atoms with van der Waals surface area (Å²) < 4.78 is 4.95. The predicted molar refractivity (Wildman–Crippen MR) is 104 cm³/mol. The summed E-state index contributed by atoms with van der Waals surface area (Å²) in [6, 6.07) is 4.12. The van der Waals surface area contributed by atoms with Crippen molar-refractivity contribution in [3.05, 3.63) is 23.5 Å². The Morgan fingerprint density at radius 3 is 2.64 bits per heavy atom. The normalized spacial score (nSPS) is 11.0. The summed E-state index contributed by atoms with van der Waals surface area (Å²) >= 11 is 11.8. The first-order valence-corrected chi connectivity index (χ1v) is 9.68. The van der Waals surface area contributed by atoms with Gasteiger partial charge in [0.15, 0.2) is 0 Å². The Hall–Kier alpha value is -1.46. The van der Waals surface area contributed by atoms with Gasteiger partial charge in [-0.25, -0.2) is 4.98 Å². The number of carbonyl (C=O) groups excluding carboxylic acids is 1. The minimum atomic E-state index is -0.158. The summed E-state index contributed by atoms with van der Waals surface area (Å²) in [6.07, 6.45) is 1.85. The van der Waals surface area contributed by atoms with Crippen molar-refractivity contribution in [2.45, 2.75) is 33.1 Å². The number of alkyl halides is 2. The number of hydrogen-bond acceptors (Lipinski definition) is 4. The monoisotopic (exact) mass is 385 g/mol. The topological polar surface area (TPSA) is 58.2 Å². The minimum absolute atomic E-state index is 0.158. The van der Waals surface area contributed by atoms with Gasteiger partial charge in [0.25, 0.3) is 0 Å². The molecule has 0 atom stereocenters. The van der Waals surface area contributed by atoms with Crippen molar-refractivity contribution in [2.75, 3.05) is 36.4 Å². The number of nitrogens with one attached hydrogen (secondary N) is 1. The van der Waals surface area contributed by atoms with E-state index in [1.165, 1.54) is 0 Å². The number of fused-ring (bicyclic) bond motifs is 1. The van der Waals surface area contributed by atoms with E-state index in [0.29, 0.717) is 24.8 Å². The van der Waals surface area contributed by atoms with E-state index in [1.54, 1.807) is 0 Å². The van der Waals surface area contributed by atoms with Gasteiger partial charge in [0.1, 0.15) is 5.82 Å². The summed E-state index contributed by atoms with van der Waals surface area (Å²) in [4.78, 5) is 21.7. The molecule has 1 heterocycles. The molecule has 25 heavy (non-hydrogen) atoms. The summed E-state index contributed by atoms with van der Waals surface area (Å²) in [7, 11) is 0. The molecule has 0 saturated carbocycles. The molecule has 7 heteroatoms. The number of esters is 1. The Bertz CT molecular complexity index is 697. The predicted octanol–water partition coefficient (Wildman–Crippen LogP) is 4.04. The van der Waals surface area contributed by atoms with Gasteiger partial charge in [-0.15, -0.1) is 23.2 Å². The number of rotatable bonds is 10. The molecule has 2 aromatic rings. The van der Waals surface area contributed by atoms with E-state index in [9.17, 15) is 4.79 Å². The van der Waals surface area contributed by atoms with Crippen LogP contribution in [0.1, 0.15) is 31.2 Å². The molecular weight excluding hydrogens is 361 g/mol. The lowest BCUT2D eigenvalue weighted by molar-refractivity contribution is -0.143. The number of benzene rings is 1. The molecule has 0 spiro atoms. The second-order valence-corrected chi connectivity index (χ2v) is 6.57. The first kappa shape index (κ1) is 19.9. The van der Waals surface area contributed by atoms with Crippen LogP contribution in [-0.4, -0.2) is 47.4 Å². The maximum Gasteiger partial charge on any atom is 0.305 e. The quantitative estimate of drug-likeness (QED) is 0.495. The zero-order valence-electron chi connectivity index (χ0n) is 14.8. The number of aromatic nitrogens is 2. The number of carbonyl (C=O) groups is 1. The Balaban J connectivity index is 2.14. The molecule has 0 saturated heterocycles. The van der Waals surface area contributed by atoms with Crippen LogP contribution in [0.3, 0.4) is 0 Å². The number of nitrogens with zero attached hydrogens (tertiary/aromatic N) is 2. The Morgan fingerprint density at radius 2 is 2.00 bits per heavy atom. The average molecular weight is 386 g/mol. The number of anilines is 1. The van der Waals surface area contributed by atoms with Gasteiger partial charge in [-0.05, 0) is 32.4 Å². The number of aromatic amines is 1. The van der Waals surface area contributed by atoms with Crippen LogP contribution in [0.2, 0.25) is 0 Å². The van der Waals surface area contributed by atoms with Crippen molar-refractivity contribution in [2.24, 2.45) is 0 Å². The highest BCUT2D eigenvalue weighted by molar-refractivity contribution is 6.18. The Morgan fingerprint density at radius 1 is 1.28 bits per heavy atom. The Labute approximate surface area is 158 Å². The number of imidazole rings is 1. The van der Waals surface area contributed by atoms with Gasteiger partial charge in [0.05, 0.1) is 17.6 Å². The molecule has 2 rings (SSSR count). The van der Waals surface area contributed by atoms with Crippen LogP contribution in [0, 0.1) is 6.92 Å². The van der Waals surface area contributed by atoms with E-state index in [-0.39, 0.29) is 5.97 Å². The molecule has 0 bridgehead atoms. The standard InChI is InChI=1S/C18H25Cl2N3O2/c1-3-25-17(24)6-4-5-16-21-14-7-8-15(13(2)18(14)22-16)23(11-9-19)12-10-20/h7-8H,3-6,9-12H2,1-2H3,(H,21,22). The van der Waals surface area contributed by atoms with Crippen LogP contribution in [0.15, 0.2) is 12.1 Å². The second-order valence-electron chi connectivity index (χ2n) is 5.81. The van der Waals surface area contributed by atoms with Gasteiger partial charge in [-0.1, -0.05) is 0 Å². The van der Waals surface area contributed by atoms with Crippen molar-refractivity contribution in [3.63, 3.8) is 0 Å². The number of ether oxygens (including phenoxy) is 1. The van der Waals surface area contributed by atoms with Crippen molar-refractivity contribution >= 4 is 45.9 Å². The van der Waals surface area contributed by atoms with Crippen LogP contribution < -0.4 is 4.90 Å². The van der Waals surface area contributed by atoms with Gasteiger partial charge < -0.3 is 14.6 Å². The minimum Gasteiger partial charge on any atom is -0.466 e. The lowest BCUT2D eigenvalue weighted by atomic mass is 10.1. The molecule has 1 aromatic carbocycles. The van der Waals surface area contributed by atoms with Crippen molar-refractivity contribution in [3.8, 4) is 0 Å². The molecule has 0 aliphatic heterocycles. The fourth-order valence-corrected chi connectivity index (χ4v) is 3.31. The summed E-state index contributed by atoms with van der Waals surface area (Å²) in [6.45, 7) is 5.80. The lowest BCUT2D eigenvalue weighted by Crippen LogP contribution is -2.28. The first-order chi connectivity index (χ1) is 12.1. The van der Waals surface area contributed by atoms with Crippen LogP contribution >= 0.6 is 23.2 Å². The van der Waals surface area contributed by atoms with Gasteiger partial charge in [-0.2, -0.15) is 0 Å². The molecule has 0 fully saturated rings. The highest BCUT2D eigenvalue weighted by atomic mass is 35.5. The van der Waals surface area contributed by atoms with Crippen molar-refractivity contribution in [1.29, 1.82) is 0 Å². The lowest BCUT2D eigenvalue weighted by Gasteiger charge is -2.24. The van der Waals surface area contributed by atoms with E-state index < -0.39 is 0 Å². The number of aryl methyl sites for hydroxylation is 2. The zero-order chi connectivity index (χ0) is 18.2. The van der Waals surface area contributed by atoms with Crippen LogP contribution in [0.25, 0.3) is 11.0 Å². The molecular formula is C18H25Cl2N3O2. The SMILES string of the molecule is CCOC(=O)CCCc1nc2c(C)c(N(CCCl)CCCl)ccc2[nH]1. The molecule has 0 aliphatic rings. The maximum absolute atomic E-state index is 11.4. The van der Waals surface area contributed by atoms with E-state index in [0.717, 1.165) is 54.0 Å². The second kappa shape index (κ2) is 9.88. The van der Waals surface area contributed by atoms with Crippen molar-refractivity contribution in [1.82, 2.24) is 9.97 Å². The molecule has 5 nitrogen and oxygen atoms in total. The number of halogens is 2. The highest BCUT2D eigenvalue weighted by Crippen LogP contribution is 2.27. The van der Waals surface area contributed by atoms with E-state index in [4.69, 9.17) is 32.9 Å². The largest absolute Gasteiger partial charge is 0.466 e. The van der Waals surface area contributed by atoms with Gasteiger partial charge in [-0.3, -0.25) is 4.79 Å². The van der Waals surface area contributed by atoms with Gasteiger partial charge in [0.2, 0.25) is 0 Å². The molecule has 1 N–H and O–H groups in total. The molecule has 0 radical (unpaired) electrons. The van der Waals surface area contributed by atoms with Crippen LogP contribution in [0.4, 0.5) is 5.69 Å². The molecule has 138 valence electrons. The molecule has 0 aliphatic carbocycles. The van der Waals surface area contributed by atoms with Gasteiger partial charge >= 0.3 is 5.97 Å². The Kier molecular flexibility index (Phi) is 7.85. The van der Waals surface area contributed by atoms with Gasteiger partial charge in [0, 0.05) is 48.9 Å². The summed E-state index contributed by atoms with van der Waals surface area (Å²) in [5, 5.41) is 0. The third kappa shape index (κ3) is 5.25. The third-order valence-corrected chi connectivity index (χ3v) is 4.42. The highest BCUT2D eigenvalue weighted by Gasteiger charge is 2.14. The smallest absolute Gasteiger partial charge is 0.305 e. The zero-order valence-corrected chi connectivity index (χ0v) is 16.3. The third-order valence-electron chi connectivity index (χ3n) is 4.08. The summed E-state index contributed by atoms with van der Waals surface area (Å²) in [5.41, 5.74) is 4.18. The maximum atomic E-state index is 11.4.